The molecule has 1 aromatic heterocycles. The van der Waals surface area contributed by atoms with E-state index in [1.165, 1.54) is 17.4 Å². The van der Waals surface area contributed by atoms with Crippen LogP contribution in [-0.2, 0) is 11.2 Å². The fourth-order valence-corrected chi connectivity index (χ4v) is 3.59. The van der Waals surface area contributed by atoms with Crippen molar-refractivity contribution in [3.8, 4) is 5.75 Å². The molecule has 0 unspecified atom stereocenters. The van der Waals surface area contributed by atoms with Gasteiger partial charge < -0.3 is 30.9 Å². The minimum atomic E-state index is -1.41. The van der Waals surface area contributed by atoms with Crippen molar-refractivity contribution in [1.82, 2.24) is 10.3 Å². The largest absolute Gasteiger partial charge is 0.547 e. The number of carboxylic acids is 1. The minimum absolute atomic E-state index is 0.0114. The highest BCUT2D eigenvalue weighted by molar-refractivity contribution is 7.13. The summed E-state index contributed by atoms with van der Waals surface area (Å²) in [4.78, 5) is 28.3. The number of carbonyl (C=O) groups excluding carboxylic acids is 1. The zero-order valence-electron chi connectivity index (χ0n) is 15.4. The zero-order chi connectivity index (χ0) is 21.0. The third kappa shape index (κ3) is 4.76. The molecule has 6 N–H and O–H groups in total. The van der Waals surface area contributed by atoms with E-state index in [-0.39, 0.29) is 29.9 Å². The molecule has 11 heteroatoms. The number of benzene rings is 1. The van der Waals surface area contributed by atoms with Crippen LogP contribution >= 0.6 is 11.3 Å². The molecular weight excluding hydrogens is 397 g/mol. The Hall–Kier alpha value is -2.89. The summed E-state index contributed by atoms with van der Waals surface area (Å²) in [6, 6.07) is 4.66. The van der Waals surface area contributed by atoms with Gasteiger partial charge in [0, 0.05) is 12.0 Å². The number of hydrogen-bond donors (Lipinski definition) is 5. The molecule has 0 fully saturated rings. The summed E-state index contributed by atoms with van der Waals surface area (Å²) in [6.07, 6.45) is 2.81. The van der Waals surface area contributed by atoms with Crippen molar-refractivity contribution < 1.29 is 29.5 Å². The molecule has 152 valence electrons. The summed E-state index contributed by atoms with van der Waals surface area (Å²) < 4.78 is 5.40. The van der Waals surface area contributed by atoms with Gasteiger partial charge in [-0.2, -0.15) is 0 Å². The number of aliphatic hydroxyl groups is 1. The van der Waals surface area contributed by atoms with Gasteiger partial charge >= 0.3 is 13.1 Å². The highest BCUT2D eigenvalue weighted by Crippen LogP contribution is 2.30. The number of carboxylic acid groups (broad SMARTS) is 1. The number of rotatable bonds is 7. The van der Waals surface area contributed by atoms with Gasteiger partial charge in [-0.05, 0) is 30.9 Å². The Bertz CT molecular complexity index is 947. The van der Waals surface area contributed by atoms with Gasteiger partial charge in [0.1, 0.15) is 5.75 Å². The number of nitrogens with two attached hydrogens (primary N) is 1. The number of fused-ring (bicyclic) bond motifs is 1. The van der Waals surface area contributed by atoms with Crippen LogP contribution < -0.4 is 15.7 Å². The van der Waals surface area contributed by atoms with E-state index in [2.05, 4.69) is 10.3 Å². The molecule has 1 aliphatic rings. The first-order valence-electron chi connectivity index (χ1n) is 8.94. The van der Waals surface area contributed by atoms with E-state index in [9.17, 15) is 19.7 Å². The van der Waals surface area contributed by atoms with Gasteiger partial charge in [-0.25, -0.2) is 9.78 Å². The number of nitrogens with zero attached hydrogens (tertiary/aromatic N) is 1. The number of amides is 1. The van der Waals surface area contributed by atoms with E-state index in [0.29, 0.717) is 29.2 Å². The summed E-state index contributed by atoms with van der Waals surface area (Å²) in [5.74, 6) is -2.31. The molecule has 0 bridgehead atoms. The van der Waals surface area contributed by atoms with Crippen molar-refractivity contribution in [1.29, 1.82) is 0 Å². The predicted molar refractivity (Wildman–Crippen MR) is 108 cm³/mol. The Morgan fingerprint density at radius 2 is 2.24 bits per heavy atom. The summed E-state index contributed by atoms with van der Waals surface area (Å²) in [5, 5.41) is 33.3. The molecule has 0 aliphatic carbocycles. The number of carbonyl (C=O) groups is 2. The number of aromatic nitrogens is 1. The predicted octanol–water partition coefficient (Wildman–Crippen LogP) is 0.719. The molecule has 9 nitrogen and oxygen atoms in total. The maximum Gasteiger partial charge on any atom is 0.547 e. The van der Waals surface area contributed by atoms with Crippen molar-refractivity contribution in [2.45, 2.75) is 25.2 Å². The smallest absolute Gasteiger partial charge is 0.534 e. The molecule has 1 aliphatic heterocycles. The van der Waals surface area contributed by atoms with Crippen LogP contribution in [-0.4, -0.2) is 51.8 Å². The number of thiazole rings is 1. The Labute approximate surface area is 171 Å². The van der Waals surface area contributed by atoms with Gasteiger partial charge in [0.05, 0.1) is 22.8 Å². The average Bonchev–Trinajstić information content (AvgIpc) is 3.11. The normalized spacial score (nSPS) is 16.1. The quantitative estimate of drug-likeness (QED) is 0.251. The first-order chi connectivity index (χ1) is 13.9. The Kier molecular flexibility index (Phi) is 6.52. The number of nitrogen functional groups attached to an aromatic ring is 1. The number of allylic oxidation sites excluding steroid dienone is 1. The molecular formula is C18H20BN3O6S. The summed E-state index contributed by atoms with van der Waals surface area (Å²) >= 11 is 1.20. The lowest BCUT2D eigenvalue weighted by Gasteiger charge is -2.29. The van der Waals surface area contributed by atoms with E-state index < -0.39 is 24.9 Å². The monoisotopic (exact) mass is 417 g/mol. The Balaban J connectivity index is 1.80. The number of hydrogen-bond acceptors (Lipinski definition) is 8. The molecule has 0 saturated heterocycles. The number of nitrogens with one attached hydrogen (secondary N) is 1. The second kappa shape index (κ2) is 9.08. The van der Waals surface area contributed by atoms with Crippen molar-refractivity contribution in [2.24, 2.45) is 0 Å². The van der Waals surface area contributed by atoms with E-state index >= 15 is 0 Å². The van der Waals surface area contributed by atoms with Crippen LogP contribution in [0, 0.1) is 0 Å². The van der Waals surface area contributed by atoms with E-state index in [1.807, 2.05) is 0 Å². The van der Waals surface area contributed by atoms with Gasteiger partial charge in [0.25, 0.3) is 5.91 Å². The Morgan fingerprint density at radius 1 is 1.45 bits per heavy atom. The van der Waals surface area contributed by atoms with Crippen LogP contribution in [0.1, 0.15) is 34.5 Å². The second-order valence-corrected chi connectivity index (χ2v) is 7.34. The summed E-state index contributed by atoms with van der Waals surface area (Å²) in [6.45, 7) is -0.0114. The van der Waals surface area contributed by atoms with E-state index in [4.69, 9.17) is 15.5 Å². The van der Waals surface area contributed by atoms with Crippen LogP contribution in [0.3, 0.4) is 0 Å². The topological polar surface area (TPSA) is 155 Å². The molecule has 2 heterocycles. The lowest BCUT2D eigenvalue weighted by Crippen LogP contribution is -2.53. The fourth-order valence-electron chi connectivity index (χ4n) is 3.02. The van der Waals surface area contributed by atoms with Gasteiger partial charge in [-0.1, -0.05) is 18.2 Å². The lowest BCUT2D eigenvalue weighted by molar-refractivity contribution is -0.116. The number of unbranched alkanes of at least 4 members (excludes halogenated alkanes) is 1. The molecule has 1 aromatic carbocycles. The average molecular weight is 417 g/mol. The molecule has 3 rings (SSSR count). The van der Waals surface area contributed by atoms with Gasteiger partial charge in [0.15, 0.2) is 5.13 Å². The maximum atomic E-state index is 12.9. The molecule has 1 amide bonds. The molecule has 0 radical (unpaired) electrons. The second-order valence-electron chi connectivity index (χ2n) is 6.45. The maximum absolute atomic E-state index is 12.9. The van der Waals surface area contributed by atoms with E-state index in [0.717, 1.165) is 0 Å². The van der Waals surface area contributed by atoms with Crippen LogP contribution in [0.5, 0.6) is 5.75 Å². The summed E-state index contributed by atoms with van der Waals surface area (Å²) in [7, 11) is -1.41. The third-order valence-electron chi connectivity index (χ3n) is 4.42. The van der Waals surface area contributed by atoms with Gasteiger partial charge in [-0.15, -0.1) is 11.3 Å². The standard InChI is InChI=1S/C18H20BN3O6S/c20-18-21-13(9-29-18)11(5-1-2-7-23)16(24)22-14-8-10-4-3-6-12(17(25)26)15(10)28-19(14)27/h3-6,9,14,23,27H,1-2,7-8H2,(H2,20,21)(H,22,24)(H,25,26)/b11-5-/t14-/m0/s1. The van der Waals surface area contributed by atoms with E-state index in [1.54, 1.807) is 23.6 Å². The van der Waals surface area contributed by atoms with Crippen molar-refractivity contribution >= 4 is 41.0 Å². The number of aromatic carboxylic acids is 1. The molecule has 29 heavy (non-hydrogen) atoms. The molecule has 0 spiro atoms. The highest BCUT2D eigenvalue weighted by Gasteiger charge is 2.38. The number of para-hydroxylation sites is 1. The minimum Gasteiger partial charge on any atom is -0.534 e. The van der Waals surface area contributed by atoms with Crippen LogP contribution in [0.15, 0.2) is 29.7 Å². The summed E-state index contributed by atoms with van der Waals surface area (Å²) in [5.41, 5.74) is 6.88. The van der Waals surface area contributed by atoms with Crippen LogP contribution in [0.4, 0.5) is 5.13 Å². The molecule has 2 aromatic rings. The van der Waals surface area contributed by atoms with Crippen molar-refractivity contribution in [2.75, 3.05) is 12.3 Å². The van der Waals surface area contributed by atoms with Crippen LogP contribution in [0.25, 0.3) is 5.57 Å². The van der Waals surface area contributed by atoms with Crippen molar-refractivity contribution in [3.63, 3.8) is 0 Å². The fraction of sp³-hybridized carbons (Fsp3) is 0.278. The third-order valence-corrected chi connectivity index (χ3v) is 5.09. The zero-order valence-corrected chi connectivity index (χ0v) is 16.2. The number of aliphatic hydroxyl groups excluding tert-OH is 1. The first kappa shape index (κ1) is 20.8. The van der Waals surface area contributed by atoms with Crippen LogP contribution in [0.2, 0.25) is 0 Å². The SMILES string of the molecule is Nc1nc(/C(=C/CCCO)C(=O)N[C@H]2Cc3cccc(C(=O)O)c3OB2O)cs1. The van der Waals surface area contributed by atoms with Gasteiger partial charge in [0.2, 0.25) is 0 Å². The van der Waals surface area contributed by atoms with Crippen molar-refractivity contribution in [3.05, 3.63) is 46.5 Å². The first-order valence-corrected chi connectivity index (χ1v) is 9.81. The lowest BCUT2D eigenvalue weighted by atomic mass is 9.72. The highest BCUT2D eigenvalue weighted by atomic mass is 32.1. The molecule has 0 saturated carbocycles. The molecule has 1 atom stereocenters. The number of anilines is 1. The van der Waals surface area contributed by atoms with Gasteiger partial charge in [-0.3, -0.25) is 4.79 Å². The Morgan fingerprint density at radius 3 is 2.90 bits per heavy atom.